The standard InChI is InChI=1S/3Ca.2H3O4P.2H2O/c;;;2*1-5(2,3)4;;/h;;;2*(H3,1,2,3,4);2*1H2/q3*+2;;;;/p-6. The van der Waals surface area contributed by atoms with Crippen molar-refractivity contribution in [2.24, 2.45) is 0 Å². The first kappa shape index (κ1) is 42.8. The molecule has 0 fully saturated rings. The van der Waals surface area contributed by atoms with Crippen molar-refractivity contribution < 1.29 is 49.4 Å². The van der Waals surface area contributed by atoms with Gasteiger partial charge in [-0.1, -0.05) is 0 Å². The topological polar surface area (TPSA) is 236 Å². The van der Waals surface area contributed by atoms with Crippen LogP contribution in [0.5, 0.6) is 0 Å². The normalized spacial score (nSPS) is 7.87. The Bertz CT molecular complexity index is 131. The molecule has 0 aromatic heterocycles. The van der Waals surface area contributed by atoms with Crippen molar-refractivity contribution in [2.75, 3.05) is 0 Å². The molecular weight excluding hydrogens is 342 g/mol. The average Bonchev–Trinajstić information content (AvgIpc) is 1.12. The molecule has 80 valence electrons. The van der Waals surface area contributed by atoms with E-state index in [9.17, 15) is 0 Å². The maximum atomic E-state index is 8.55. The van der Waals surface area contributed by atoms with Crippen molar-refractivity contribution in [1.82, 2.24) is 0 Å². The van der Waals surface area contributed by atoms with Gasteiger partial charge in [0.1, 0.15) is 0 Å². The summed E-state index contributed by atoms with van der Waals surface area (Å²) in [6.07, 6.45) is 0. The summed E-state index contributed by atoms with van der Waals surface area (Å²) in [5.41, 5.74) is 0. The van der Waals surface area contributed by atoms with Crippen molar-refractivity contribution in [3.05, 3.63) is 0 Å². The van der Waals surface area contributed by atoms with Gasteiger partial charge in [-0.2, -0.15) is 15.6 Å². The summed E-state index contributed by atoms with van der Waals surface area (Å²) in [7, 11) is -10.8. The molecule has 0 radical (unpaired) electrons. The summed E-state index contributed by atoms with van der Waals surface area (Å²) >= 11 is 0. The third-order valence-electron chi connectivity index (χ3n) is 0. The Morgan fingerprint density at radius 1 is 0.533 bits per heavy atom. The molecular formula is H4Ca3O10P2. The van der Waals surface area contributed by atoms with E-state index in [2.05, 4.69) is 0 Å². The van der Waals surface area contributed by atoms with Crippen LogP contribution in [-0.4, -0.2) is 124 Å². The van der Waals surface area contributed by atoms with Crippen LogP contribution in [0.2, 0.25) is 0 Å². The summed E-state index contributed by atoms with van der Waals surface area (Å²) in [5, 5.41) is 0. The molecule has 0 aromatic carbocycles. The summed E-state index contributed by atoms with van der Waals surface area (Å²) < 4.78 is 17.1. The summed E-state index contributed by atoms with van der Waals surface area (Å²) in [5.74, 6) is 0. The number of rotatable bonds is 0. The van der Waals surface area contributed by atoms with Gasteiger partial charge in [-0.25, -0.2) is 0 Å². The number of hydrogen-bond donors (Lipinski definition) is 0. The molecule has 0 aliphatic heterocycles. The van der Waals surface area contributed by atoms with E-state index < -0.39 is 15.6 Å². The van der Waals surface area contributed by atoms with Gasteiger partial charge in [0.05, 0.1) is 0 Å². The van der Waals surface area contributed by atoms with E-state index in [1.54, 1.807) is 0 Å². The van der Waals surface area contributed by atoms with Crippen molar-refractivity contribution >= 4 is 129 Å². The van der Waals surface area contributed by atoms with Crippen LogP contribution < -0.4 is 29.4 Å². The number of hydrogen-bond acceptors (Lipinski definition) is 8. The van der Waals surface area contributed by atoms with Gasteiger partial charge in [0, 0.05) is 0 Å². The third-order valence-corrected chi connectivity index (χ3v) is 0. The Labute approximate surface area is 175 Å². The Morgan fingerprint density at radius 2 is 0.533 bits per heavy atom. The van der Waals surface area contributed by atoms with Gasteiger partial charge in [-0.05, 0) is 0 Å². The Hall–Kier alpha value is 3.92. The van der Waals surface area contributed by atoms with Crippen molar-refractivity contribution in [3.63, 3.8) is 0 Å². The second kappa shape index (κ2) is 20.2. The molecule has 0 aliphatic carbocycles. The molecule has 0 bridgehead atoms. The average molecular weight is 346 g/mol. The van der Waals surface area contributed by atoms with E-state index >= 15 is 0 Å². The fourth-order valence-electron chi connectivity index (χ4n) is 0. The van der Waals surface area contributed by atoms with Crippen LogP contribution in [0, 0.1) is 0 Å². The van der Waals surface area contributed by atoms with Crippen molar-refractivity contribution in [1.29, 1.82) is 0 Å². The monoisotopic (exact) mass is 346 g/mol. The van der Waals surface area contributed by atoms with E-state index in [1.807, 2.05) is 0 Å². The van der Waals surface area contributed by atoms with Gasteiger partial charge < -0.3 is 49.4 Å². The largest absolute Gasteiger partial charge is 2.00 e. The van der Waals surface area contributed by atoms with Crippen LogP contribution in [0.3, 0.4) is 0 Å². The summed E-state index contributed by atoms with van der Waals surface area (Å²) in [6.45, 7) is 0. The third kappa shape index (κ3) is 296. The van der Waals surface area contributed by atoms with Crippen LogP contribution in [0.25, 0.3) is 0 Å². The molecule has 0 heterocycles. The molecule has 0 saturated carbocycles. The minimum atomic E-state index is -5.39. The van der Waals surface area contributed by atoms with Gasteiger partial charge in [0.25, 0.3) is 0 Å². The smallest absolute Gasteiger partial charge is 0.822 e. The fourth-order valence-corrected chi connectivity index (χ4v) is 0. The molecule has 15 heavy (non-hydrogen) atoms. The minimum Gasteiger partial charge on any atom is -0.822 e. The molecule has 10 nitrogen and oxygen atoms in total. The van der Waals surface area contributed by atoms with E-state index in [0.29, 0.717) is 0 Å². The molecule has 0 aliphatic rings. The fraction of sp³-hybridized carbons (Fsp3) is 0. The predicted molar refractivity (Wildman–Crippen MR) is 39.7 cm³/mol. The summed E-state index contributed by atoms with van der Waals surface area (Å²) in [4.78, 5) is 51.3. The first-order chi connectivity index (χ1) is 4.00. The molecule has 0 atom stereocenters. The second-order valence-electron chi connectivity index (χ2n) is 0.894. The van der Waals surface area contributed by atoms with E-state index in [4.69, 9.17) is 38.5 Å². The van der Waals surface area contributed by atoms with Gasteiger partial charge in [-0.3, -0.25) is 0 Å². The first-order valence-electron chi connectivity index (χ1n) is 1.46. The minimum absolute atomic E-state index is 0. The Balaban J connectivity index is -0.0000000128. The van der Waals surface area contributed by atoms with E-state index in [1.165, 1.54) is 0 Å². The van der Waals surface area contributed by atoms with Crippen molar-refractivity contribution in [2.45, 2.75) is 0 Å². The second-order valence-corrected chi connectivity index (χ2v) is 2.68. The van der Waals surface area contributed by atoms with Crippen LogP contribution in [0.1, 0.15) is 0 Å². The van der Waals surface area contributed by atoms with Crippen LogP contribution in [0.15, 0.2) is 0 Å². The molecule has 4 N–H and O–H groups in total. The SMILES string of the molecule is O.O.O=P([O-])([O-])[O-].O=P([O-])([O-])[O-].[Ca+2].[Ca+2].[Ca+2]. The quantitative estimate of drug-likeness (QED) is 0.300. The maximum Gasteiger partial charge on any atom is 2.00 e. The zero-order valence-electron chi connectivity index (χ0n) is 7.28. The molecule has 0 saturated heterocycles. The predicted octanol–water partition coefficient (Wildman–Crippen LogP) is -8.44. The van der Waals surface area contributed by atoms with Crippen LogP contribution >= 0.6 is 15.6 Å². The molecule has 0 spiro atoms. The Kier molecular flexibility index (Phi) is 57.7. The van der Waals surface area contributed by atoms with E-state index in [-0.39, 0.29) is 124 Å². The van der Waals surface area contributed by atoms with Gasteiger partial charge >= 0.3 is 113 Å². The first-order valence-corrected chi connectivity index (χ1v) is 4.38. The van der Waals surface area contributed by atoms with Gasteiger partial charge in [0.15, 0.2) is 0 Å². The number of phosphoric acid groups is 2. The zero-order chi connectivity index (χ0) is 9.00. The van der Waals surface area contributed by atoms with E-state index in [0.717, 1.165) is 0 Å². The van der Waals surface area contributed by atoms with Crippen LogP contribution in [0.4, 0.5) is 0 Å². The summed E-state index contributed by atoms with van der Waals surface area (Å²) in [6, 6.07) is 0. The van der Waals surface area contributed by atoms with Gasteiger partial charge in [0.2, 0.25) is 0 Å². The molecule has 0 amide bonds. The van der Waals surface area contributed by atoms with Gasteiger partial charge in [-0.15, -0.1) is 0 Å². The molecule has 0 aromatic rings. The molecule has 15 heteroatoms. The molecule has 0 unspecified atom stereocenters. The Morgan fingerprint density at radius 3 is 0.533 bits per heavy atom. The van der Waals surface area contributed by atoms with Crippen LogP contribution in [-0.2, 0) is 9.13 Å². The maximum absolute atomic E-state index is 8.55. The molecule has 0 rings (SSSR count). The zero-order valence-corrected chi connectivity index (χ0v) is 15.7. The van der Waals surface area contributed by atoms with Crippen molar-refractivity contribution in [3.8, 4) is 0 Å².